The fourth-order valence-corrected chi connectivity index (χ4v) is 2.20. The number of hydrogen-bond acceptors (Lipinski definition) is 1. The first-order valence-electron chi connectivity index (χ1n) is 5.41. The molecule has 94 valence electrons. The Morgan fingerprint density at radius 1 is 0.722 bits per heavy atom. The fourth-order valence-electron chi connectivity index (χ4n) is 1.66. The van der Waals surface area contributed by atoms with Crippen molar-refractivity contribution in [2.24, 2.45) is 0 Å². The standard InChI is InChI=1S/C14H11Cl3O/c15-11-5-1-9(2-6-11)13(17)14(18)10-3-7-12(16)8-4-10/h1-8,13-14,18H/t13-,14-/m1/s1. The van der Waals surface area contributed by atoms with Crippen molar-refractivity contribution in [1.82, 2.24) is 0 Å². The summed E-state index contributed by atoms with van der Waals surface area (Å²) < 4.78 is 0. The van der Waals surface area contributed by atoms with Gasteiger partial charge in [0.2, 0.25) is 0 Å². The van der Waals surface area contributed by atoms with Crippen LogP contribution in [0.1, 0.15) is 22.6 Å². The summed E-state index contributed by atoms with van der Waals surface area (Å²) in [7, 11) is 0. The normalized spacial score (nSPS) is 14.2. The van der Waals surface area contributed by atoms with Crippen molar-refractivity contribution in [2.75, 3.05) is 0 Å². The van der Waals surface area contributed by atoms with Crippen LogP contribution >= 0.6 is 34.8 Å². The van der Waals surface area contributed by atoms with Gasteiger partial charge in [-0.25, -0.2) is 0 Å². The van der Waals surface area contributed by atoms with Gasteiger partial charge >= 0.3 is 0 Å². The van der Waals surface area contributed by atoms with Crippen molar-refractivity contribution in [1.29, 1.82) is 0 Å². The van der Waals surface area contributed by atoms with Gasteiger partial charge < -0.3 is 5.11 Å². The van der Waals surface area contributed by atoms with E-state index in [1.807, 2.05) is 0 Å². The molecule has 0 spiro atoms. The predicted molar refractivity (Wildman–Crippen MR) is 76.5 cm³/mol. The third-order valence-corrected chi connectivity index (χ3v) is 3.67. The number of aliphatic hydroxyl groups is 1. The molecule has 0 saturated heterocycles. The molecule has 2 atom stereocenters. The van der Waals surface area contributed by atoms with E-state index in [-0.39, 0.29) is 0 Å². The van der Waals surface area contributed by atoms with Crippen LogP contribution in [-0.4, -0.2) is 5.11 Å². The second kappa shape index (κ2) is 5.94. The van der Waals surface area contributed by atoms with Gasteiger partial charge in [0.1, 0.15) is 0 Å². The van der Waals surface area contributed by atoms with Crippen LogP contribution in [0.5, 0.6) is 0 Å². The average Bonchev–Trinajstić information content (AvgIpc) is 2.39. The second-order valence-corrected chi connectivity index (χ2v) is 5.29. The minimum atomic E-state index is -0.787. The summed E-state index contributed by atoms with van der Waals surface area (Å²) in [4.78, 5) is 0. The minimum absolute atomic E-state index is 0.525. The van der Waals surface area contributed by atoms with E-state index in [2.05, 4.69) is 0 Å². The molecule has 0 aliphatic carbocycles. The molecule has 0 radical (unpaired) electrons. The molecule has 2 rings (SSSR count). The highest BCUT2D eigenvalue weighted by Crippen LogP contribution is 2.35. The Labute approximate surface area is 121 Å². The lowest BCUT2D eigenvalue weighted by Gasteiger charge is -2.17. The van der Waals surface area contributed by atoms with Gasteiger partial charge in [-0.05, 0) is 35.4 Å². The molecular weight excluding hydrogens is 291 g/mol. The monoisotopic (exact) mass is 300 g/mol. The SMILES string of the molecule is O[C@H](c1ccc(Cl)cc1)[C@H](Cl)c1ccc(Cl)cc1. The molecule has 18 heavy (non-hydrogen) atoms. The van der Waals surface area contributed by atoms with Crippen molar-refractivity contribution < 1.29 is 5.11 Å². The van der Waals surface area contributed by atoms with Gasteiger partial charge in [0.05, 0.1) is 11.5 Å². The molecule has 0 unspecified atom stereocenters. The van der Waals surface area contributed by atoms with Crippen molar-refractivity contribution in [3.8, 4) is 0 Å². The Balaban J connectivity index is 2.20. The maximum absolute atomic E-state index is 10.2. The smallest absolute Gasteiger partial charge is 0.0994 e. The Morgan fingerprint density at radius 2 is 1.11 bits per heavy atom. The summed E-state index contributed by atoms with van der Waals surface area (Å²) in [6.07, 6.45) is -0.787. The average molecular weight is 302 g/mol. The molecule has 0 saturated carbocycles. The first-order chi connectivity index (χ1) is 8.58. The van der Waals surface area contributed by atoms with Crippen LogP contribution < -0.4 is 0 Å². The van der Waals surface area contributed by atoms with Crippen molar-refractivity contribution in [3.63, 3.8) is 0 Å². The minimum Gasteiger partial charge on any atom is -0.387 e. The Hall–Kier alpha value is -0.730. The van der Waals surface area contributed by atoms with Crippen LogP contribution in [0.2, 0.25) is 10.0 Å². The number of alkyl halides is 1. The quantitative estimate of drug-likeness (QED) is 0.790. The highest BCUT2D eigenvalue weighted by atomic mass is 35.5. The predicted octanol–water partition coefficient (Wildman–Crippen LogP) is 5.01. The van der Waals surface area contributed by atoms with Crippen LogP contribution in [-0.2, 0) is 0 Å². The first kappa shape index (κ1) is 13.7. The van der Waals surface area contributed by atoms with Gasteiger partial charge in [0.25, 0.3) is 0 Å². The summed E-state index contributed by atoms with van der Waals surface area (Å²) >= 11 is 17.9. The van der Waals surface area contributed by atoms with E-state index in [0.29, 0.717) is 10.0 Å². The van der Waals surface area contributed by atoms with E-state index in [4.69, 9.17) is 34.8 Å². The van der Waals surface area contributed by atoms with Crippen LogP contribution in [0.3, 0.4) is 0 Å². The molecule has 0 fully saturated rings. The molecule has 0 heterocycles. The van der Waals surface area contributed by atoms with Crippen molar-refractivity contribution in [3.05, 3.63) is 69.7 Å². The highest BCUT2D eigenvalue weighted by Gasteiger charge is 2.20. The van der Waals surface area contributed by atoms with Crippen LogP contribution in [0.15, 0.2) is 48.5 Å². The van der Waals surface area contributed by atoms with E-state index < -0.39 is 11.5 Å². The Kier molecular flexibility index (Phi) is 4.52. The van der Waals surface area contributed by atoms with E-state index in [1.54, 1.807) is 48.5 Å². The molecule has 1 nitrogen and oxygen atoms in total. The summed E-state index contributed by atoms with van der Waals surface area (Å²) in [6.45, 7) is 0. The van der Waals surface area contributed by atoms with Crippen LogP contribution in [0.4, 0.5) is 0 Å². The van der Waals surface area contributed by atoms with E-state index >= 15 is 0 Å². The first-order valence-corrected chi connectivity index (χ1v) is 6.60. The van der Waals surface area contributed by atoms with E-state index in [0.717, 1.165) is 11.1 Å². The molecular formula is C14H11Cl3O. The molecule has 0 bridgehead atoms. The Morgan fingerprint density at radius 3 is 1.56 bits per heavy atom. The molecule has 2 aromatic rings. The molecule has 0 aliphatic heterocycles. The van der Waals surface area contributed by atoms with Crippen molar-refractivity contribution in [2.45, 2.75) is 11.5 Å². The van der Waals surface area contributed by atoms with E-state index in [9.17, 15) is 5.11 Å². The number of benzene rings is 2. The van der Waals surface area contributed by atoms with Crippen molar-refractivity contribution >= 4 is 34.8 Å². The fraction of sp³-hybridized carbons (Fsp3) is 0.143. The van der Waals surface area contributed by atoms with Gasteiger partial charge in [-0.2, -0.15) is 0 Å². The zero-order chi connectivity index (χ0) is 13.1. The summed E-state index contributed by atoms with van der Waals surface area (Å²) in [5, 5.41) is 10.9. The summed E-state index contributed by atoms with van der Waals surface area (Å²) in [6, 6.07) is 14.1. The zero-order valence-corrected chi connectivity index (χ0v) is 11.6. The van der Waals surface area contributed by atoms with Crippen LogP contribution in [0.25, 0.3) is 0 Å². The van der Waals surface area contributed by atoms with Gasteiger partial charge in [-0.15, -0.1) is 11.6 Å². The lowest BCUT2D eigenvalue weighted by atomic mass is 10.0. The lowest BCUT2D eigenvalue weighted by Crippen LogP contribution is -2.05. The van der Waals surface area contributed by atoms with Gasteiger partial charge in [-0.3, -0.25) is 0 Å². The number of halogens is 3. The largest absolute Gasteiger partial charge is 0.387 e. The molecule has 2 aromatic carbocycles. The third-order valence-electron chi connectivity index (χ3n) is 2.68. The second-order valence-electron chi connectivity index (χ2n) is 3.95. The third kappa shape index (κ3) is 3.18. The van der Waals surface area contributed by atoms with Crippen LogP contribution in [0, 0.1) is 0 Å². The molecule has 1 N–H and O–H groups in total. The molecule has 0 aliphatic rings. The van der Waals surface area contributed by atoms with Gasteiger partial charge in [0, 0.05) is 10.0 Å². The molecule has 4 heteroatoms. The number of hydrogen-bond donors (Lipinski definition) is 1. The number of aliphatic hydroxyl groups excluding tert-OH is 1. The topological polar surface area (TPSA) is 20.2 Å². The van der Waals surface area contributed by atoms with Gasteiger partial charge in [0.15, 0.2) is 0 Å². The lowest BCUT2D eigenvalue weighted by molar-refractivity contribution is 0.172. The highest BCUT2D eigenvalue weighted by molar-refractivity contribution is 6.30. The summed E-state index contributed by atoms with van der Waals surface area (Å²) in [5.74, 6) is 0. The zero-order valence-electron chi connectivity index (χ0n) is 9.35. The maximum atomic E-state index is 10.2. The Bertz CT molecular complexity index is 458. The number of rotatable bonds is 3. The molecule has 0 aromatic heterocycles. The maximum Gasteiger partial charge on any atom is 0.0994 e. The summed E-state index contributed by atoms with van der Waals surface area (Å²) in [5.41, 5.74) is 1.55. The van der Waals surface area contributed by atoms with Gasteiger partial charge in [-0.1, -0.05) is 47.5 Å². The van der Waals surface area contributed by atoms with E-state index in [1.165, 1.54) is 0 Å². The molecule has 0 amide bonds.